The summed E-state index contributed by atoms with van der Waals surface area (Å²) in [6.45, 7) is 7.25. The van der Waals surface area contributed by atoms with Gasteiger partial charge in [-0.15, -0.1) is 0 Å². The van der Waals surface area contributed by atoms with E-state index >= 15 is 0 Å². The van der Waals surface area contributed by atoms with E-state index in [4.69, 9.17) is 9.47 Å². The Morgan fingerprint density at radius 1 is 1.14 bits per heavy atom. The standard InChI is InChI=1S/C21H27N3O5/c1-5-28-17(25)13-24-15(3)12-22-18(19(24)26)23-14-21(4,20(27)29-6-2)16-10-8-7-9-11-16/h7-12H,5-6,13-14H2,1-4H3,(H,22,23)/t21-/m0/s1. The zero-order valence-corrected chi connectivity index (χ0v) is 17.2. The summed E-state index contributed by atoms with van der Waals surface area (Å²) in [4.78, 5) is 41.4. The third-order valence-electron chi connectivity index (χ3n) is 4.59. The monoisotopic (exact) mass is 401 g/mol. The van der Waals surface area contributed by atoms with E-state index in [1.165, 1.54) is 10.8 Å². The Kier molecular flexibility index (Phi) is 7.52. The van der Waals surface area contributed by atoms with E-state index in [1.54, 1.807) is 27.7 Å². The average molecular weight is 401 g/mol. The average Bonchev–Trinajstić information content (AvgIpc) is 2.71. The summed E-state index contributed by atoms with van der Waals surface area (Å²) in [5, 5.41) is 2.97. The quantitative estimate of drug-likeness (QED) is 0.642. The zero-order valence-electron chi connectivity index (χ0n) is 17.2. The van der Waals surface area contributed by atoms with Crippen molar-refractivity contribution in [3.63, 3.8) is 0 Å². The second kappa shape index (κ2) is 9.86. The SMILES string of the molecule is CCOC(=O)Cn1c(C)cnc(NC[C@](C)(C(=O)OCC)c2ccccc2)c1=O. The van der Waals surface area contributed by atoms with Gasteiger partial charge in [0.25, 0.3) is 5.56 Å². The van der Waals surface area contributed by atoms with Crippen molar-refractivity contribution < 1.29 is 19.1 Å². The van der Waals surface area contributed by atoms with E-state index in [0.717, 1.165) is 5.56 Å². The molecule has 156 valence electrons. The van der Waals surface area contributed by atoms with Crippen molar-refractivity contribution in [3.8, 4) is 0 Å². The molecule has 29 heavy (non-hydrogen) atoms. The van der Waals surface area contributed by atoms with Crippen LogP contribution in [0.1, 0.15) is 32.0 Å². The van der Waals surface area contributed by atoms with Gasteiger partial charge in [0, 0.05) is 18.4 Å². The number of esters is 2. The van der Waals surface area contributed by atoms with Gasteiger partial charge in [-0.2, -0.15) is 0 Å². The summed E-state index contributed by atoms with van der Waals surface area (Å²) in [7, 11) is 0. The Morgan fingerprint density at radius 3 is 2.41 bits per heavy atom. The van der Waals surface area contributed by atoms with Crippen molar-refractivity contribution >= 4 is 17.8 Å². The maximum Gasteiger partial charge on any atom is 0.326 e. The summed E-state index contributed by atoms with van der Waals surface area (Å²) < 4.78 is 11.5. The maximum atomic E-state index is 12.8. The molecule has 1 aromatic heterocycles. The number of anilines is 1. The number of benzene rings is 1. The Morgan fingerprint density at radius 2 is 1.79 bits per heavy atom. The molecule has 0 saturated carbocycles. The van der Waals surface area contributed by atoms with Gasteiger partial charge >= 0.3 is 11.9 Å². The lowest BCUT2D eigenvalue weighted by molar-refractivity contribution is -0.149. The molecule has 1 atom stereocenters. The minimum absolute atomic E-state index is 0.0475. The third kappa shape index (κ3) is 5.22. The van der Waals surface area contributed by atoms with Crippen molar-refractivity contribution in [1.29, 1.82) is 0 Å². The number of ether oxygens (including phenoxy) is 2. The van der Waals surface area contributed by atoms with Crippen molar-refractivity contribution in [3.05, 3.63) is 58.1 Å². The molecule has 1 N–H and O–H groups in total. The fourth-order valence-corrected chi connectivity index (χ4v) is 2.87. The number of nitrogens with one attached hydrogen (secondary N) is 1. The van der Waals surface area contributed by atoms with E-state index in [1.807, 2.05) is 30.3 Å². The molecule has 1 heterocycles. The Bertz CT molecular complexity index is 910. The minimum Gasteiger partial charge on any atom is -0.465 e. The van der Waals surface area contributed by atoms with Crippen LogP contribution >= 0.6 is 0 Å². The van der Waals surface area contributed by atoms with Gasteiger partial charge < -0.3 is 14.8 Å². The number of hydrogen-bond acceptors (Lipinski definition) is 7. The summed E-state index contributed by atoms with van der Waals surface area (Å²) in [5.74, 6) is -0.862. The molecule has 0 aliphatic carbocycles. The largest absolute Gasteiger partial charge is 0.465 e. The highest BCUT2D eigenvalue weighted by Crippen LogP contribution is 2.25. The molecule has 8 heteroatoms. The Balaban J connectivity index is 2.31. The molecule has 0 fully saturated rings. The maximum absolute atomic E-state index is 12.8. The lowest BCUT2D eigenvalue weighted by Gasteiger charge is -2.28. The van der Waals surface area contributed by atoms with Crippen LogP contribution in [0.5, 0.6) is 0 Å². The molecule has 1 aromatic carbocycles. The molecule has 0 bridgehead atoms. The lowest BCUT2D eigenvalue weighted by Crippen LogP contribution is -2.42. The van der Waals surface area contributed by atoms with Crippen LogP contribution in [0.15, 0.2) is 41.3 Å². The van der Waals surface area contributed by atoms with Crippen molar-refractivity contribution in [2.45, 2.75) is 39.7 Å². The number of rotatable bonds is 9. The highest BCUT2D eigenvalue weighted by atomic mass is 16.5. The van der Waals surface area contributed by atoms with Crippen LogP contribution in [-0.4, -0.2) is 41.2 Å². The van der Waals surface area contributed by atoms with Crippen LogP contribution in [0.4, 0.5) is 5.82 Å². The first-order chi connectivity index (χ1) is 13.8. The predicted molar refractivity (Wildman–Crippen MR) is 109 cm³/mol. The predicted octanol–water partition coefficient (Wildman–Crippen LogP) is 2.05. The molecule has 0 aliphatic heterocycles. The molecule has 0 saturated heterocycles. The second-order valence-electron chi connectivity index (χ2n) is 6.72. The van der Waals surface area contributed by atoms with Gasteiger partial charge in [0.05, 0.1) is 13.2 Å². The van der Waals surface area contributed by atoms with Crippen LogP contribution in [-0.2, 0) is 31.0 Å². The van der Waals surface area contributed by atoms with E-state index < -0.39 is 22.9 Å². The Labute approximate surface area is 169 Å². The highest BCUT2D eigenvalue weighted by molar-refractivity contribution is 5.83. The second-order valence-corrected chi connectivity index (χ2v) is 6.72. The zero-order chi connectivity index (χ0) is 21.4. The summed E-state index contributed by atoms with van der Waals surface area (Å²) >= 11 is 0. The summed E-state index contributed by atoms with van der Waals surface area (Å²) in [6.07, 6.45) is 1.49. The number of aryl methyl sites for hydroxylation is 1. The van der Waals surface area contributed by atoms with Gasteiger partial charge in [0.1, 0.15) is 12.0 Å². The third-order valence-corrected chi connectivity index (χ3v) is 4.59. The number of nitrogens with zero attached hydrogens (tertiary/aromatic N) is 2. The molecule has 2 aromatic rings. The first kappa shape index (κ1) is 22.1. The number of aromatic nitrogens is 2. The first-order valence-electron chi connectivity index (χ1n) is 9.52. The highest BCUT2D eigenvalue weighted by Gasteiger charge is 2.37. The molecular formula is C21H27N3O5. The van der Waals surface area contributed by atoms with Crippen molar-refractivity contribution in [2.24, 2.45) is 0 Å². The number of carbonyl (C=O) groups is 2. The van der Waals surface area contributed by atoms with Crippen LogP contribution in [0.25, 0.3) is 0 Å². The summed E-state index contributed by atoms with van der Waals surface area (Å²) in [5.41, 5.74) is -0.200. The van der Waals surface area contributed by atoms with Crippen molar-refractivity contribution in [2.75, 3.05) is 25.1 Å². The molecule has 0 radical (unpaired) electrons. The van der Waals surface area contributed by atoms with E-state index in [-0.39, 0.29) is 32.1 Å². The van der Waals surface area contributed by atoms with Crippen LogP contribution < -0.4 is 10.9 Å². The molecular weight excluding hydrogens is 374 g/mol. The lowest BCUT2D eigenvalue weighted by atomic mass is 9.82. The number of carbonyl (C=O) groups excluding carboxylic acids is 2. The smallest absolute Gasteiger partial charge is 0.326 e. The van der Waals surface area contributed by atoms with E-state index in [9.17, 15) is 14.4 Å². The van der Waals surface area contributed by atoms with Gasteiger partial charge in [0.15, 0.2) is 5.82 Å². The molecule has 0 spiro atoms. The van der Waals surface area contributed by atoms with E-state index in [2.05, 4.69) is 10.3 Å². The first-order valence-corrected chi connectivity index (χ1v) is 9.52. The van der Waals surface area contributed by atoms with Crippen molar-refractivity contribution in [1.82, 2.24) is 9.55 Å². The van der Waals surface area contributed by atoms with Gasteiger partial charge in [-0.3, -0.25) is 19.0 Å². The van der Waals surface area contributed by atoms with Crippen LogP contribution in [0.3, 0.4) is 0 Å². The number of hydrogen-bond donors (Lipinski definition) is 1. The molecule has 0 aliphatic rings. The van der Waals surface area contributed by atoms with Crippen LogP contribution in [0.2, 0.25) is 0 Å². The molecule has 0 unspecified atom stereocenters. The topological polar surface area (TPSA) is 99.5 Å². The normalized spacial score (nSPS) is 12.7. The minimum atomic E-state index is -1.03. The van der Waals surface area contributed by atoms with Crippen LogP contribution in [0, 0.1) is 6.92 Å². The Hall–Kier alpha value is -3.16. The van der Waals surface area contributed by atoms with Gasteiger partial charge in [-0.25, -0.2) is 4.98 Å². The molecule has 8 nitrogen and oxygen atoms in total. The van der Waals surface area contributed by atoms with Gasteiger partial charge in [0.2, 0.25) is 0 Å². The van der Waals surface area contributed by atoms with Gasteiger partial charge in [-0.1, -0.05) is 30.3 Å². The fourth-order valence-electron chi connectivity index (χ4n) is 2.87. The van der Waals surface area contributed by atoms with E-state index in [0.29, 0.717) is 5.69 Å². The summed E-state index contributed by atoms with van der Waals surface area (Å²) in [6, 6.07) is 9.20. The fraction of sp³-hybridized carbons (Fsp3) is 0.429. The molecule has 2 rings (SSSR count). The van der Waals surface area contributed by atoms with Gasteiger partial charge in [-0.05, 0) is 33.3 Å². The molecule has 0 amide bonds.